The Hall–Kier alpha value is -0.360. The third-order valence-corrected chi connectivity index (χ3v) is 1.31. The third-order valence-electron chi connectivity index (χ3n) is 0.859. The summed E-state index contributed by atoms with van der Waals surface area (Å²) in [5, 5.41) is 0. The predicted octanol–water partition coefficient (Wildman–Crippen LogP) is 0.628. The molecule has 0 N–H and O–H groups in total. The molecular weight excluding hydrogens is 200 g/mol. The molecule has 6 heteroatoms. The monoisotopic (exact) mass is 210 g/mol. The lowest BCUT2D eigenvalue weighted by atomic mass is 10.5. The Morgan fingerprint density at radius 2 is 1.25 bits per heavy atom. The maximum atomic E-state index is 10.6. The molecule has 0 aromatic carbocycles. The third kappa shape index (κ3) is 6.36. The zero-order chi connectivity index (χ0) is 9.40. The van der Waals surface area contributed by atoms with Gasteiger partial charge in [0, 0.05) is 11.5 Å². The number of carbonyl (C=O) groups excluding carboxylic acids is 2. The van der Waals surface area contributed by atoms with Crippen LogP contribution in [0, 0.1) is 0 Å². The Balaban J connectivity index is 3.40. The molecule has 0 aliphatic rings. The van der Waals surface area contributed by atoms with E-state index in [9.17, 15) is 9.59 Å². The Labute approximate surface area is 81.4 Å². The fourth-order valence-corrected chi connectivity index (χ4v) is 0.724. The Morgan fingerprint density at radius 3 is 1.50 bits per heavy atom. The van der Waals surface area contributed by atoms with E-state index >= 15 is 0 Å². The minimum atomic E-state index is -0.600. The van der Waals surface area contributed by atoms with Crippen LogP contribution in [0.3, 0.4) is 0 Å². The van der Waals surface area contributed by atoms with E-state index in [1.807, 2.05) is 0 Å². The van der Waals surface area contributed by atoms with Crippen LogP contribution in [-0.4, -0.2) is 23.4 Å². The van der Waals surface area contributed by atoms with Gasteiger partial charge in [0.25, 0.3) is 0 Å². The van der Waals surface area contributed by atoms with E-state index in [2.05, 4.69) is 35.0 Å². The SMILES string of the molecule is O=C(CCS)OOC(=O)CCS. The van der Waals surface area contributed by atoms with Gasteiger partial charge in [-0.3, -0.25) is 0 Å². The largest absolute Gasteiger partial charge is 0.356 e. The molecule has 0 heterocycles. The molecule has 0 aliphatic heterocycles. The van der Waals surface area contributed by atoms with Crippen LogP contribution in [0.25, 0.3) is 0 Å². The summed E-state index contributed by atoms with van der Waals surface area (Å²) in [5.74, 6) is -0.471. The van der Waals surface area contributed by atoms with E-state index in [-0.39, 0.29) is 12.8 Å². The molecule has 0 radical (unpaired) electrons. The maximum Gasteiger partial charge on any atom is 0.356 e. The molecule has 0 amide bonds. The summed E-state index contributed by atoms with van der Waals surface area (Å²) in [6, 6.07) is 0. The van der Waals surface area contributed by atoms with E-state index in [0.717, 1.165) is 0 Å². The minimum absolute atomic E-state index is 0.122. The highest BCUT2D eigenvalue weighted by Gasteiger charge is 2.07. The first-order chi connectivity index (χ1) is 5.70. The van der Waals surface area contributed by atoms with Crippen molar-refractivity contribution in [1.82, 2.24) is 0 Å². The van der Waals surface area contributed by atoms with E-state index in [0.29, 0.717) is 11.5 Å². The van der Waals surface area contributed by atoms with Crippen LogP contribution in [0.5, 0.6) is 0 Å². The molecule has 0 unspecified atom stereocenters. The first kappa shape index (κ1) is 11.6. The summed E-state index contributed by atoms with van der Waals surface area (Å²) in [4.78, 5) is 29.4. The van der Waals surface area contributed by atoms with Gasteiger partial charge in [0.15, 0.2) is 0 Å². The fraction of sp³-hybridized carbons (Fsp3) is 0.667. The first-order valence-corrected chi connectivity index (χ1v) is 4.59. The van der Waals surface area contributed by atoms with Gasteiger partial charge < -0.3 is 0 Å². The number of hydrogen-bond acceptors (Lipinski definition) is 6. The average molecular weight is 210 g/mol. The van der Waals surface area contributed by atoms with Crippen LogP contribution < -0.4 is 0 Å². The lowest BCUT2D eigenvalue weighted by Gasteiger charge is -2.00. The predicted molar refractivity (Wildman–Crippen MR) is 49.1 cm³/mol. The second-order valence-corrected chi connectivity index (χ2v) is 2.75. The fourth-order valence-electron chi connectivity index (χ4n) is 0.359. The minimum Gasteiger partial charge on any atom is -0.247 e. The van der Waals surface area contributed by atoms with E-state index in [1.165, 1.54) is 0 Å². The van der Waals surface area contributed by atoms with Crippen LogP contribution in [0.4, 0.5) is 0 Å². The quantitative estimate of drug-likeness (QED) is 0.406. The second kappa shape index (κ2) is 7.30. The van der Waals surface area contributed by atoms with E-state index in [1.54, 1.807) is 0 Å². The van der Waals surface area contributed by atoms with E-state index < -0.39 is 11.9 Å². The highest BCUT2D eigenvalue weighted by molar-refractivity contribution is 7.80. The maximum absolute atomic E-state index is 10.6. The molecule has 0 spiro atoms. The first-order valence-electron chi connectivity index (χ1n) is 3.32. The number of carbonyl (C=O) groups is 2. The summed E-state index contributed by atoms with van der Waals surface area (Å²) in [5.41, 5.74) is 0. The van der Waals surface area contributed by atoms with Crippen molar-refractivity contribution >= 4 is 37.2 Å². The lowest BCUT2D eigenvalue weighted by Crippen LogP contribution is -2.11. The number of hydrogen-bond donors (Lipinski definition) is 2. The van der Waals surface area contributed by atoms with Gasteiger partial charge >= 0.3 is 11.9 Å². The van der Waals surface area contributed by atoms with Crippen molar-refractivity contribution in [2.75, 3.05) is 11.5 Å². The van der Waals surface area contributed by atoms with E-state index in [4.69, 9.17) is 0 Å². The molecule has 12 heavy (non-hydrogen) atoms. The smallest absolute Gasteiger partial charge is 0.247 e. The van der Waals surface area contributed by atoms with Gasteiger partial charge in [0.05, 0.1) is 12.8 Å². The standard InChI is InChI=1S/C6H10O4S2/c7-5(1-3-11)9-10-6(8)2-4-12/h11-12H,1-4H2. The van der Waals surface area contributed by atoms with Crippen molar-refractivity contribution in [3.8, 4) is 0 Å². The molecule has 4 nitrogen and oxygen atoms in total. The Kier molecular flexibility index (Phi) is 7.08. The molecule has 0 saturated heterocycles. The van der Waals surface area contributed by atoms with Crippen molar-refractivity contribution in [2.45, 2.75) is 12.8 Å². The highest BCUT2D eigenvalue weighted by Crippen LogP contribution is 1.93. The second-order valence-electron chi connectivity index (χ2n) is 1.86. The molecule has 0 aromatic rings. The van der Waals surface area contributed by atoms with Gasteiger partial charge in [-0.05, 0) is 0 Å². The van der Waals surface area contributed by atoms with Gasteiger partial charge in [-0.15, -0.1) is 0 Å². The normalized spacial score (nSPS) is 9.17. The Morgan fingerprint density at radius 1 is 0.917 bits per heavy atom. The summed E-state index contributed by atoms with van der Waals surface area (Å²) in [6.45, 7) is 0. The molecule has 70 valence electrons. The average Bonchev–Trinajstić information content (AvgIpc) is 2.02. The summed E-state index contributed by atoms with van der Waals surface area (Å²) in [7, 11) is 0. The van der Waals surface area contributed by atoms with Crippen molar-refractivity contribution in [3.05, 3.63) is 0 Å². The van der Waals surface area contributed by atoms with Gasteiger partial charge in [0.1, 0.15) is 0 Å². The van der Waals surface area contributed by atoms with Crippen LogP contribution in [0.1, 0.15) is 12.8 Å². The van der Waals surface area contributed by atoms with Crippen molar-refractivity contribution in [3.63, 3.8) is 0 Å². The molecular formula is C6H10O4S2. The molecule has 0 rings (SSSR count). The molecule has 0 aliphatic carbocycles. The topological polar surface area (TPSA) is 52.6 Å². The summed E-state index contributed by atoms with van der Waals surface area (Å²) in [6.07, 6.45) is 0.245. The van der Waals surface area contributed by atoms with Crippen molar-refractivity contribution < 1.29 is 19.4 Å². The molecule has 0 fully saturated rings. The van der Waals surface area contributed by atoms with Crippen LogP contribution in [-0.2, 0) is 19.4 Å². The van der Waals surface area contributed by atoms with Crippen LogP contribution >= 0.6 is 25.3 Å². The molecule has 0 bridgehead atoms. The Bertz CT molecular complexity index is 142. The lowest BCUT2D eigenvalue weighted by molar-refractivity contribution is -0.258. The summed E-state index contributed by atoms with van der Waals surface area (Å²) < 4.78 is 0. The molecule has 0 saturated carbocycles. The van der Waals surface area contributed by atoms with Crippen molar-refractivity contribution in [1.29, 1.82) is 0 Å². The van der Waals surface area contributed by atoms with Crippen molar-refractivity contribution in [2.24, 2.45) is 0 Å². The molecule has 0 aromatic heterocycles. The van der Waals surface area contributed by atoms with Gasteiger partial charge in [-0.25, -0.2) is 19.4 Å². The van der Waals surface area contributed by atoms with Crippen LogP contribution in [0.2, 0.25) is 0 Å². The number of thiol groups is 2. The van der Waals surface area contributed by atoms with Gasteiger partial charge in [0.2, 0.25) is 0 Å². The summed E-state index contributed by atoms with van der Waals surface area (Å²) >= 11 is 7.58. The zero-order valence-corrected chi connectivity index (χ0v) is 8.14. The molecule has 0 atom stereocenters. The van der Waals surface area contributed by atoms with Crippen LogP contribution in [0.15, 0.2) is 0 Å². The van der Waals surface area contributed by atoms with Gasteiger partial charge in [-0.2, -0.15) is 25.3 Å². The zero-order valence-electron chi connectivity index (χ0n) is 6.36. The van der Waals surface area contributed by atoms with Gasteiger partial charge in [-0.1, -0.05) is 0 Å². The number of rotatable bonds is 4. The highest BCUT2D eigenvalue weighted by atomic mass is 32.1.